The molecule has 0 atom stereocenters. The molecule has 138 valence electrons. The molecular formula is C17H22O7S. The van der Waals surface area contributed by atoms with Crippen LogP contribution in [0.4, 0.5) is 0 Å². The Hall–Kier alpha value is -2.03. The lowest BCUT2D eigenvalue weighted by Crippen LogP contribution is -2.15. The summed E-state index contributed by atoms with van der Waals surface area (Å²) in [5, 5.41) is 0. The zero-order chi connectivity index (χ0) is 18.3. The molecule has 8 heteroatoms. The topological polar surface area (TPSA) is 80.3 Å². The first-order valence-electron chi connectivity index (χ1n) is 7.61. The fourth-order valence-corrected chi connectivity index (χ4v) is 1.99. The van der Waals surface area contributed by atoms with Gasteiger partial charge in [-0.25, -0.2) is 4.79 Å². The van der Waals surface area contributed by atoms with E-state index in [0.29, 0.717) is 26.3 Å². The minimum atomic E-state index is -0.634. The monoisotopic (exact) mass is 370 g/mol. The highest BCUT2D eigenvalue weighted by molar-refractivity contribution is 7.94. The average molecular weight is 370 g/mol. The van der Waals surface area contributed by atoms with Crippen LogP contribution < -0.4 is 0 Å². The molecule has 0 heterocycles. The predicted molar refractivity (Wildman–Crippen MR) is 91.9 cm³/mol. The number of esters is 1. The maximum Gasteiger partial charge on any atom is 0.374 e. The second-order valence-corrected chi connectivity index (χ2v) is 5.54. The van der Waals surface area contributed by atoms with Crippen LogP contribution in [0.25, 0.3) is 0 Å². The van der Waals surface area contributed by atoms with Crippen LogP contribution in [-0.2, 0) is 32.7 Å². The smallest absolute Gasteiger partial charge is 0.374 e. The van der Waals surface area contributed by atoms with Crippen molar-refractivity contribution in [2.75, 3.05) is 39.6 Å². The molecule has 0 saturated heterocycles. The van der Waals surface area contributed by atoms with E-state index in [1.807, 2.05) is 31.2 Å². The van der Waals surface area contributed by atoms with Gasteiger partial charge in [-0.15, -0.1) is 0 Å². The lowest BCUT2D eigenvalue weighted by molar-refractivity contribution is -0.143. The molecule has 1 aromatic carbocycles. The molecule has 0 unspecified atom stereocenters. The van der Waals surface area contributed by atoms with Gasteiger partial charge in [0.1, 0.15) is 13.2 Å². The summed E-state index contributed by atoms with van der Waals surface area (Å²) in [6.07, 6.45) is 0. The summed E-state index contributed by atoms with van der Waals surface area (Å²) in [7, 11) is 0. The van der Waals surface area contributed by atoms with Gasteiger partial charge >= 0.3 is 5.97 Å². The quantitative estimate of drug-likeness (QED) is 0.123. The van der Waals surface area contributed by atoms with E-state index < -0.39 is 5.97 Å². The van der Waals surface area contributed by atoms with E-state index in [1.54, 1.807) is 0 Å². The van der Waals surface area contributed by atoms with Gasteiger partial charge in [0.2, 0.25) is 5.76 Å². The average Bonchev–Trinajstić information content (AvgIpc) is 2.62. The van der Waals surface area contributed by atoms with Crippen molar-refractivity contribution in [1.29, 1.82) is 0 Å². The highest BCUT2D eigenvalue weighted by Gasteiger charge is 2.11. The largest absolute Gasteiger partial charge is 0.465 e. The van der Waals surface area contributed by atoms with Crippen LogP contribution in [0.3, 0.4) is 0 Å². The van der Waals surface area contributed by atoms with E-state index in [-0.39, 0.29) is 25.6 Å². The number of hydrogen-bond acceptors (Lipinski definition) is 8. The Labute approximate surface area is 151 Å². The van der Waals surface area contributed by atoms with Crippen LogP contribution >= 0.6 is 12.0 Å². The summed E-state index contributed by atoms with van der Waals surface area (Å²) in [5.74, 6) is -0.713. The summed E-state index contributed by atoms with van der Waals surface area (Å²) in [5.41, 5.74) is 1.14. The van der Waals surface area contributed by atoms with Gasteiger partial charge in [0.15, 0.2) is 0 Å². The van der Waals surface area contributed by atoms with Crippen LogP contribution in [0.1, 0.15) is 5.56 Å². The Morgan fingerprint density at radius 1 is 1.04 bits per heavy atom. The second kappa shape index (κ2) is 13.3. The van der Waals surface area contributed by atoms with Crippen molar-refractivity contribution >= 4 is 24.5 Å². The number of ether oxygens (including phenoxy) is 4. The van der Waals surface area contributed by atoms with E-state index in [0.717, 1.165) is 22.5 Å². The molecule has 7 nitrogen and oxygen atoms in total. The number of benzene rings is 1. The van der Waals surface area contributed by atoms with Gasteiger partial charge in [0.05, 0.1) is 38.5 Å². The second-order valence-electron chi connectivity index (χ2n) is 4.73. The van der Waals surface area contributed by atoms with Crippen LogP contribution in [0, 0.1) is 6.92 Å². The lowest BCUT2D eigenvalue weighted by Gasteiger charge is -2.08. The summed E-state index contributed by atoms with van der Waals surface area (Å²) < 4.78 is 25.0. The van der Waals surface area contributed by atoms with E-state index in [9.17, 15) is 9.59 Å². The third-order valence-corrected chi connectivity index (χ3v) is 3.48. The van der Waals surface area contributed by atoms with Gasteiger partial charge in [-0.1, -0.05) is 17.7 Å². The number of carbonyl (C=O) groups is 2. The molecule has 0 spiro atoms. The van der Waals surface area contributed by atoms with Gasteiger partial charge in [0.25, 0.3) is 6.47 Å². The highest BCUT2D eigenvalue weighted by atomic mass is 32.2. The molecule has 0 N–H and O–H groups in total. The fourth-order valence-electron chi connectivity index (χ4n) is 1.48. The summed E-state index contributed by atoms with van der Waals surface area (Å²) in [6, 6.07) is 7.67. The van der Waals surface area contributed by atoms with E-state index in [2.05, 4.69) is 11.3 Å². The summed E-state index contributed by atoms with van der Waals surface area (Å²) in [4.78, 5) is 22.4. The molecule has 0 radical (unpaired) electrons. The van der Waals surface area contributed by atoms with Crippen molar-refractivity contribution in [3.63, 3.8) is 0 Å². The minimum absolute atomic E-state index is 0.0795. The molecule has 0 aliphatic rings. The third-order valence-electron chi connectivity index (χ3n) is 2.73. The van der Waals surface area contributed by atoms with Crippen molar-refractivity contribution in [2.45, 2.75) is 11.8 Å². The highest BCUT2D eigenvalue weighted by Crippen LogP contribution is 2.22. The van der Waals surface area contributed by atoms with Crippen molar-refractivity contribution in [3.05, 3.63) is 42.2 Å². The van der Waals surface area contributed by atoms with Crippen LogP contribution in [0.2, 0.25) is 0 Å². The molecule has 0 bridgehead atoms. The standard InChI is InChI=1S/C17H22O7S/c1-14-3-5-16(6-4-14)25-24-15(2)17(19)23-12-11-21-8-7-20-9-10-22-13-18/h3-6,13H,2,7-12H2,1H3. The molecule has 25 heavy (non-hydrogen) atoms. The number of carbonyl (C=O) groups excluding carboxylic acids is 2. The summed E-state index contributed by atoms with van der Waals surface area (Å²) >= 11 is 1.04. The van der Waals surface area contributed by atoms with E-state index >= 15 is 0 Å². The van der Waals surface area contributed by atoms with Crippen molar-refractivity contribution in [2.24, 2.45) is 0 Å². The Balaban J connectivity index is 2.01. The fraction of sp³-hybridized carbons (Fsp3) is 0.412. The van der Waals surface area contributed by atoms with Crippen LogP contribution in [0.5, 0.6) is 0 Å². The van der Waals surface area contributed by atoms with Crippen molar-refractivity contribution < 1.29 is 32.7 Å². The first kappa shape index (κ1) is 21.0. The normalized spacial score (nSPS) is 10.1. The minimum Gasteiger partial charge on any atom is -0.465 e. The van der Waals surface area contributed by atoms with Gasteiger partial charge in [0, 0.05) is 4.90 Å². The maximum atomic E-state index is 11.7. The molecule has 1 aromatic rings. The Morgan fingerprint density at radius 3 is 2.28 bits per heavy atom. The summed E-state index contributed by atoms with van der Waals surface area (Å²) in [6.45, 7) is 7.44. The molecular weight excluding hydrogens is 348 g/mol. The Morgan fingerprint density at radius 2 is 1.64 bits per heavy atom. The van der Waals surface area contributed by atoms with E-state index in [4.69, 9.17) is 18.4 Å². The molecule has 0 aliphatic heterocycles. The van der Waals surface area contributed by atoms with Gasteiger partial charge in [-0.2, -0.15) is 0 Å². The van der Waals surface area contributed by atoms with E-state index in [1.165, 1.54) is 0 Å². The van der Waals surface area contributed by atoms with Gasteiger partial charge < -0.3 is 23.1 Å². The number of rotatable bonds is 14. The number of hydrogen-bond donors (Lipinski definition) is 0. The molecule has 0 aromatic heterocycles. The molecule has 1 rings (SSSR count). The van der Waals surface area contributed by atoms with Gasteiger partial charge in [-0.3, -0.25) is 4.79 Å². The lowest BCUT2D eigenvalue weighted by atomic mass is 10.2. The van der Waals surface area contributed by atoms with Gasteiger partial charge in [-0.05, 0) is 25.6 Å². The van der Waals surface area contributed by atoms with Crippen LogP contribution in [0.15, 0.2) is 41.5 Å². The zero-order valence-corrected chi connectivity index (χ0v) is 14.9. The third kappa shape index (κ3) is 10.4. The first-order valence-corrected chi connectivity index (χ1v) is 8.35. The maximum absolute atomic E-state index is 11.7. The molecule has 0 fully saturated rings. The first-order chi connectivity index (χ1) is 12.1. The Bertz CT molecular complexity index is 530. The van der Waals surface area contributed by atoms with Crippen molar-refractivity contribution in [1.82, 2.24) is 0 Å². The predicted octanol–water partition coefficient (Wildman–Crippen LogP) is 2.28. The molecule has 0 aliphatic carbocycles. The molecule has 0 saturated carbocycles. The SMILES string of the molecule is C=C(OSc1ccc(C)cc1)C(=O)OCCOCCOCCOC=O. The zero-order valence-electron chi connectivity index (χ0n) is 14.1. The molecule has 0 amide bonds. The Kier molecular flexibility index (Phi) is 11.2. The van der Waals surface area contributed by atoms with Crippen molar-refractivity contribution in [3.8, 4) is 0 Å². The number of aryl methyl sites for hydroxylation is 1. The van der Waals surface area contributed by atoms with Crippen LogP contribution in [-0.4, -0.2) is 52.1 Å².